The molecule has 170 valence electrons. The zero-order chi connectivity index (χ0) is 22.9. The van der Waals surface area contributed by atoms with Gasteiger partial charge in [0.05, 0.1) is 18.6 Å². The molecule has 0 amide bonds. The van der Waals surface area contributed by atoms with Crippen molar-refractivity contribution >= 4 is 17.5 Å². The molecule has 4 heterocycles. The summed E-state index contributed by atoms with van der Waals surface area (Å²) < 4.78 is 21.3. The highest BCUT2D eigenvalue weighted by Crippen LogP contribution is 2.35. The molecule has 0 aliphatic carbocycles. The van der Waals surface area contributed by atoms with Crippen molar-refractivity contribution < 1.29 is 18.7 Å². The van der Waals surface area contributed by atoms with E-state index in [-0.39, 0.29) is 17.6 Å². The number of furan rings is 1. The number of thioether (sulfide) groups is 1. The van der Waals surface area contributed by atoms with Crippen LogP contribution >= 0.6 is 11.8 Å². The van der Waals surface area contributed by atoms with Crippen molar-refractivity contribution in [1.82, 2.24) is 19.3 Å². The first-order valence-electron chi connectivity index (χ1n) is 10.6. The van der Waals surface area contributed by atoms with Gasteiger partial charge in [0.1, 0.15) is 12.4 Å². The highest BCUT2D eigenvalue weighted by Gasteiger charge is 2.28. The third-order valence-corrected chi connectivity index (χ3v) is 6.79. The van der Waals surface area contributed by atoms with E-state index in [0.717, 1.165) is 28.5 Å². The first-order valence-corrected chi connectivity index (χ1v) is 11.6. The fraction of sp³-hybridized carbons (Fsp3) is 0.292. The van der Waals surface area contributed by atoms with Gasteiger partial charge >= 0.3 is 0 Å². The fourth-order valence-corrected chi connectivity index (χ4v) is 4.77. The van der Waals surface area contributed by atoms with Gasteiger partial charge in [0, 0.05) is 24.0 Å². The van der Waals surface area contributed by atoms with E-state index in [1.165, 1.54) is 11.8 Å². The number of nitrogens with zero attached hydrogens (tertiary/aromatic N) is 4. The molecule has 0 spiro atoms. The van der Waals surface area contributed by atoms with E-state index < -0.39 is 0 Å². The van der Waals surface area contributed by atoms with Crippen LogP contribution in [0, 0.1) is 13.8 Å². The summed E-state index contributed by atoms with van der Waals surface area (Å²) in [6, 6.07) is 13.3. The number of rotatable bonds is 7. The van der Waals surface area contributed by atoms with Crippen LogP contribution < -0.4 is 9.47 Å². The van der Waals surface area contributed by atoms with Gasteiger partial charge < -0.3 is 23.0 Å². The molecular formula is C24H24N4O4S. The van der Waals surface area contributed by atoms with Crippen molar-refractivity contribution in [3.05, 3.63) is 77.3 Å². The summed E-state index contributed by atoms with van der Waals surface area (Å²) in [6.45, 7) is 4.92. The number of aromatic nitrogens is 4. The zero-order valence-electron chi connectivity index (χ0n) is 18.6. The molecule has 8 nitrogen and oxygen atoms in total. The summed E-state index contributed by atoms with van der Waals surface area (Å²) in [5.74, 6) is 3.24. The lowest BCUT2D eigenvalue weighted by atomic mass is 10.2. The number of carbonyl (C=O) groups excluding carboxylic acids is 1. The lowest BCUT2D eigenvalue weighted by molar-refractivity contribution is 0.0825. The molecule has 1 aromatic carbocycles. The fourth-order valence-electron chi connectivity index (χ4n) is 3.97. The molecule has 0 N–H and O–H groups in total. The monoisotopic (exact) mass is 464 g/mol. The van der Waals surface area contributed by atoms with Crippen LogP contribution in [0.3, 0.4) is 0 Å². The standard InChI is InChI=1S/C24H24N4O4S/c1-15-11-18(16(2)28(15)12-17-7-6-10-30-17)19(29)14-33-24-26-25-23(27(24)3)22-13-31-20-8-4-5-9-21(20)32-22/h4-11,22H,12-14H2,1-3H3/t22-/m0/s1. The number of benzene rings is 1. The van der Waals surface area contributed by atoms with Crippen molar-refractivity contribution in [2.75, 3.05) is 12.4 Å². The topological polar surface area (TPSA) is 84.3 Å². The largest absolute Gasteiger partial charge is 0.485 e. The molecule has 33 heavy (non-hydrogen) atoms. The minimum atomic E-state index is -0.358. The SMILES string of the molecule is Cc1cc(C(=O)CSc2nnc([C@@H]3COc4ccccc4O3)n2C)c(C)n1Cc1ccco1. The number of ether oxygens (including phenoxy) is 2. The number of ketones is 1. The number of para-hydroxylation sites is 2. The van der Waals surface area contributed by atoms with Gasteiger partial charge in [0.2, 0.25) is 0 Å². The number of hydrogen-bond donors (Lipinski definition) is 0. The van der Waals surface area contributed by atoms with Gasteiger partial charge in [-0.05, 0) is 44.2 Å². The van der Waals surface area contributed by atoms with E-state index >= 15 is 0 Å². The van der Waals surface area contributed by atoms with Crippen LogP contribution in [0.2, 0.25) is 0 Å². The number of carbonyl (C=O) groups is 1. The average molecular weight is 465 g/mol. The number of hydrogen-bond acceptors (Lipinski definition) is 7. The molecule has 1 aliphatic heterocycles. The molecule has 1 atom stereocenters. The first kappa shape index (κ1) is 21.4. The maximum absolute atomic E-state index is 13.0. The van der Waals surface area contributed by atoms with Gasteiger partial charge in [-0.25, -0.2) is 0 Å². The molecule has 0 unspecified atom stereocenters. The van der Waals surface area contributed by atoms with Crippen molar-refractivity contribution in [1.29, 1.82) is 0 Å². The maximum Gasteiger partial charge on any atom is 0.192 e. The van der Waals surface area contributed by atoms with Crippen LogP contribution in [0.25, 0.3) is 0 Å². The molecule has 5 rings (SSSR count). The Morgan fingerprint density at radius 3 is 2.76 bits per heavy atom. The Morgan fingerprint density at radius 2 is 1.97 bits per heavy atom. The van der Waals surface area contributed by atoms with Gasteiger partial charge in [-0.1, -0.05) is 23.9 Å². The third kappa shape index (κ3) is 4.16. The van der Waals surface area contributed by atoms with Gasteiger partial charge in [-0.2, -0.15) is 0 Å². The normalized spacial score (nSPS) is 15.1. The summed E-state index contributed by atoms with van der Waals surface area (Å²) in [7, 11) is 1.88. The summed E-state index contributed by atoms with van der Waals surface area (Å²) in [4.78, 5) is 13.0. The Kier molecular flexibility index (Phi) is 5.72. The van der Waals surface area contributed by atoms with Crippen LogP contribution in [-0.2, 0) is 13.6 Å². The molecule has 0 saturated carbocycles. The quantitative estimate of drug-likeness (QED) is 0.297. The second-order valence-electron chi connectivity index (χ2n) is 7.93. The predicted octanol–water partition coefficient (Wildman–Crippen LogP) is 4.36. The summed E-state index contributed by atoms with van der Waals surface area (Å²) in [5.41, 5.74) is 2.67. The molecule has 0 saturated heterocycles. The molecule has 4 aromatic rings. The van der Waals surface area contributed by atoms with E-state index in [2.05, 4.69) is 14.8 Å². The molecule has 1 aliphatic rings. The molecule has 0 fully saturated rings. The lowest BCUT2D eigenvalue weighted by Gasteiger charge is -2.25. The zero-order valence-corrected chi connectivity index (χ0v) is 19.5. The van der Waals surface area contributed by atoms with E-state index in [4.69, 9.17) is 13.9 Å². The number of Topliss-reactive ketones (excluding diaryl/α,β-unsaturated/α-hetero) is 1. The Bertz CT molecular complexity index is 1290. The number of aryl methyl sites for hydroxylation is 1. The second-order valence-corrected chi connectivity index (χ2v) is 8.87. The Labute approximate surface area is 195 Å². The molecular weight excluding hydrogens is 440 g/mol. The summed E-state index contributed by atoms with van der Waals surface area (Å²) in [5, 5.41) is 9.24. The van der Waals surface area contributed by atoms with Crippen LogP contribution in [-0.4, -0.2) is 37.5 Å². The minimum Gasteiger partial charge on any atom is -0.485 e. The molecule has 3 aromatic heterocycles. The van der Waals surface area contributed by atoms with E-state index in [1.54, 1.807) is 6.26 Å². The summed E-state index contributed by atoms with van der Waals surface area (Å²) in [6.07, 6.45) is 1.30. The molecule has 0 radical (unpaired) electrons. The van der Waals surface area contributed by atoms with Crippen LogP contribution in [0.4, 0.5) is 0 Å². The van der Waals surface area contributed by atoms with Crippen molar-refractivity contribution in [3.63, 3.8) is 0 Å². The van der Waals surface area contributed by atoms with Gasteiger partial charge in [-0.15, -0.1) is 10.2 Å². The summed E-state index contributed by atoms with van der Waals surface area (Å²) >= 11 is 1.37. The van der Waals surface area contributed by atoms with Crippen LogP contribution in [0.1, 0.15) is 39.4 Å². The van der Waals surface area contributed by atoms with E-state index in [0.29, 0.717) is 29.9 Å². The highest BCUT2D eigenvalue weighted by atomic mass is 32.2. The molecule has 9 heteroatoms. The minimum absolute atomic E-state index is 0.0505. The van der Waals surface area contributed by atoms with Gasteiger partial charge in [0.25, 0.3) is 0 Å². The lowest BCUT2D eigenvalue weighted by Crippen LogP contribution is -2.24. The number of fused-ring (bicyclic) bond motifs is 1. The van der Waals surface area contributed by atoms with Crippen molar-refractivity contribution in [3.8, 4) is 11.5 Å². The molecule has 0 bridgehead atoms. The van der Waals surface area contributed by atoms with Crippen LogP contribution in [0.15, 0.2) is 58.3 Å². The third-order valence-electron chi connectivity index (χ3n) is 5.77. The van der Waals surface area contributed by atoms with E-state index in [1.807, 2.05) is 67.9 Å². The Balaban J connectivity index is 1.26. The van der Waals surface area contributed by atoms with Crippen LogP contribution in [0.5, 0.6) is 11.5 Å². The van der Waals surface area contributed by atoms with Crippen molar-refractivity contribution in [2.24, 2.45) is 7.05 Å². The predicted molar refractivity (Wildman–Crippen MR) is 123 cm³/mol. The smallest absolute Gasteiger partial charge is 0.192 e. The van der Waals surface area contributed by atoms with Gasteiger partial charge in [0.15, 0.2) is 34.4 Å². The Morgan fingerprint density at radius 1 is 1.15 bits per heavy atom. The highest BCUT2D eigenvalue weighted by molar-refractivity contribution is 7.99. The second kappa shape index (κ2) is 8.82. The first-order chi connectivity index (χ1) is 16.0. The van der Waals surface area contributed by atoms with Gasteiger partial charge in [-0.3, -0.25) is 4.79 Å². The van der Waals surface area contributed by atoms with Crippen molar-refractivity contribution in [2.45, 2.75) is 31.7 Å². The Hall–Kier alpha value is -3.46. The maximum atomic E-state index is 13.0. The average Bonchev–Trinajstić information content (AvgIpc) is 3.54. The van der Waals surface area contributed by atoms with E-state index in [9.17, 15) is 4.79 Å².